The second-order valence-corrected chi connectivity index (χ2v) is 11.0. The Hall–Kier alpha value is -0.780. The summed E-state index contributed by atoms with van der Waals surface area (Å²) in [6.45, 7) is 35.8. The second-order valence-electron chi connectivity index (χ2n) is 11.0. The van der Waals surface area contributed by atoms with E-state index in [4.69, 9.17) is 9.47 Å². The molecule has 2 heteroatoms. The van der Waals surface area contributed by atoms with Crippen LogP contribution in [0.25, 0.3) is 0 Å². The first-order chi connectivity index (χ1) is 14.5. The van der Waals surface area contributed by atoms with Crippen molar-refractivity contribution in [1.82, 2.24) is 0 Å². The van der Waals surface area contributed by atoms with Gasteiger partial charge >= 0.3 is 0 Å². The van der Waals surface area contributed by atoms with Crippen LogP contribution in [0.4, 0.5) is 0 Å². The van der Waals surface area contributed by atoms with Gasteiger partial charge in [-0.15, -0.1) is 11.8 Å². The Kier molecular flexibility index (Phi) is 31.8. The van der Waals surface area contributed by atoms with Crippen LogP contribution < -0.4 is 0 Å². The molecule has 0 bridgehead atoms. The molecule has 0 spiro atoms. The van der Waals surface area contributed by atoms with Crippen molar-refractivity contribution in [2.45, 2.75) is 123 Å². The van der Waals surface area contributed by atoms with Crippen molar-refractivity contribution in [3.8, 4) is 11.8 Å². The SMILES string of the molecule is CC(C)/C=C/C(C)C.CC(C)C#CC(C)C.CC(C)COC(C)C.CC(C)COC(C)C. The quantitative estimate of drug-likeness (QED) is 0.269. The molecule has 0 aromatic heterocycles. The standard InChI is InChI=1S/C8H16.C8H14.2C7H16O/c2*1-7(2)5-6-8(3)4;2*1-6(2)5-8-7(3)4/h5-8H,1-4H3;7-8H,1-4H3;2*6-7H,5H2,1-4H3/b6-5+;;;. The second kappa shape index (κ2) is 26.5. The van der Waals surface area contributed by atoms with Gasteiger partial charge < -0.3 is 9.47 Å². The molecule has 0 saturated carbocycles. The molecule has 0 unspecified atom stereocenters. The fourth-order valence-corrected chi connectivity index (χ4v) is 1.55. The zero-order chi connectivity index (χ0) is 26.3. The minimum atomic E-state index is 0.386. The molecule has 0 atom stereocenters. The summed E-state index contributed by atoms with van der Waals surface area (Å²) in [6.07, 6.45) is 5.25. The Labute approximate surface area is 205 Å². The van der Waals surface area contributed by atoms with Crippen molar-refractivity contribution in [3.63, 3.8) is 0 Å². The summed E-state index contributed by atoms with van der Waals surface area (Å²) < 4.78 is 10.6. The molecule has 194 valence electrons. The number of ether oxygens (including phenoxy) is 2. The molecule has 32 heavy (non-hydrogen) atoms. The summed E-state index contributed by atoms with van der Waals surface area (Å²) in [6, 6.07) is 0. The monoisotopic (exact) mass is 454 g/mol. The minimum Gasteiger partial charge on any atom is -0.379 e. The highest BCUT2D eigenvalue weighted by atomic mass is 16.5. The van der Waals surface area contributed by atoms with E-state index in [9.17, 15) is 0 Å². The van der Waals surface area contributed by atoms with Crippen LogP contribution in [0.15, 0.2) is 12.2 Å². The third-order valence-electron chi connectivity index (χ3n) is 3.07. The number of rotatable bonds is 8. The van der Waals surface area contributed by atoms with Gasteiger partial charge in [-0.05, 0) is 51.4 Å². The Balaban J connectivity index is -0.000000163. The van der Waals surface area contributed by atoms with Crippen molar-refractivity contribution >= 4 is 0 Å². The molecule has 0 aromatic carbocycles. The summed E-state index contributed by atoms with van der Waals surface area (Å²) in [5.74, 6) is 9.98. The zero-order valence-corrected chi connectivity index (χ0v) is 25.0. The van der Waals surface area contributed by atoms with Gasteiger partial charge in [0.25, 0.3) is 0 Å². The van der Waals surface area contributed by atoms with E-state index in [0.717, 1.165) is 13.2 Å². The molecule has 2 nitrogen and oxygen atoms in total. The average Bonchev–Trinajstić information content (AvgIpc) is 2.63. The predicted octanol–water partition coefficient (Wildman–Crippen LogP) is 9.29. The third-order valence-corrected chi connectivity index (χ3v) is 3.07. The molecule has 0 fully saturated rings. The van der Waals surface area contributed by atoms with Gasteiger partial charge in [0.2, 0.25) is 0 Å². The van der Waals surface area contributed by atoms with Crippen molar-refractivity contribution in [2.24, 2.45) is 35.5 Å². The molecule has 0 heterocycles. The van der Waals surface area contributed by atoms with Gasteiger partial charge in [0, 0.05) is 25.0 Å². The topological polar surface area (TPSA) is 18.5 Å². The van der Waals surface area contributed by atoms with Crippen LogP contribution in [-0.2, 0) is 9.47 Å². The number of hydrogen-bond acceptors (Lipinski definition) is 2. The van der Waals surface area contributed by atoms with E-state index in [-0.39, 0.29) is 0 Å². The van der Waals surface area contributed by atoms with E-state index in [1.165, 1.54) is 0 Å². The molecule has 0 rings (SSSR count). The Morgan fingerprint density at radius 3 is 0.812 bits per heavy atom. The Morgan fingerprint density at radius 1 is 0.469 bits per heavy atom. The molecule has 0 aliphatic rings. The van der Waals surface area contributed by atoms with E-state index in [1.54, 1.807) is 0 Å². The Morgan fingerprint density at radius 2 is 0.719 bits per heavy atom. The van der Waals surface area contributed by atoms with Crippen LogP contribution in [-0.4, -0.2) is 25.4 Å². The highest BCUT2D eigenvalue weighted by molar-refractivity contribution is 5.03. The summed E-state index contributed by atoms with van der Waals surface area (Å²) in [5, 5.41) is 0. The highest BCUT2D eigenvalue weighted by Gasteiger charge is 1.95. The lowest BCUT2D eigenvalue weighted by molar-refractivity contribution is 0.0591. The van der Waals surface area contributed by atoms with Crippen LogP contribution in [0.3, 0.4) is 0 Å². The van der Waals surface area contributed by atoms with E-state index in [0.29, 0.717) is 47.7 Å². The lowest BCUT2D eigenvalue weighted by atomic mass is 10.1. The van der Waals surface area contributed by atoms with Gasteiger partial charge in [-0.25, -0.2) is 0 Å². The van der Waals surface area contributed by atoms with Gasteiger partial charge in [-0.1, -0.05) is 95.2 Å². The third kappa shape index (κ3) is 63.0. The summed E-state index contributed by atoms with van der Waals surface area (Å²) in [7, 11) is 0. The molecule has 0 radical (unpaired) electrons. The number of allylic oxidation sites excluding steroid dienone is 2. The molecular formula is C30H62O2. The maximum Gasteiger partial charge on any atom is 0.0518 e. The maximum absolute atomic E-state index is 5.30. The lowest BCUT2D eigenvalue weighted by Gasteiger charge is -2.08. The van der Waals surface area contributed by atoms with Gasteiger partial charge in [-0.3, -0.25) is 0 Å². The van der Waals surface area contributed by atoms with Gasteiger partial charge in [0.1, 0.15) is 0 Å². The highest BCUT2D eigenvalue weighted by Crippen LogP contribution is 1.99. The first-order valence-electron chi connectivity index (χ1n) is 12.9. The maximum atomic E-state index is 5.30. The molecule has 0 N–H and O–H groups in total. The largest absolute Gasteiger partial charge is 0.379 e. The molecular weight excluding hydrogens is 392 g/mol. The normalized spacial score (nSPS) is 11.0. The first kappa shape index (κ1) is 38.5. The van der Waals surface area contributed by atoms with E-state index in [2.05, 4.69) is 135 Å². The van der Waals surface area contributed by atoms with Gasteiger partial charge in [0.15, 0.2) is 0 Å². The van der Waals surface area contributed by atoms with Crippen LogP contribution in [0.2, 0.25) is 0 Å². The zero-order valence-electron chi connectivity index (χ0n) is 25.0. The van der Waals surface area contributed by atoms with Crippen molar-refractivity contribution < 1.29 is 9.47 Å². The average molecular weight is 455 g/mol. The van der Waals surface area contributed by atoms with Gasteiger partial charge in [-0.2, -0.15) is 0 Å². The van der Waals surface area contributed by atoms with Crippen LogP contribution in [0, 0.1) is 47.3 Å². The van der Waals surface area contributed by atoms with E-state index in [1.807, 2.05) is 0 Å². The van der Waals surface area contributed by atoms with Crippen LogP contribution >= 0.6 is 0 Å². The van der Waals surface area contributed by atoms with Crippen molar-refractivity contribution in [1.29, 1.82) is 0 Å². The molecule has 0 aliphatic carbocycles. The van der Waals surface area contributed by atoms with E-state index < -0.39 is 0 Å². The minimum absolute atomic E-state index is 0.386. The molecule has 0 aliphatic heterocycles. The summed E-state index contributed by atoms with van der Waals surface area (Å²) >= 11 is 0. The smallest absolute Gasteiger partial charge is 0.0518 e. The first-order valence-corrected chi connectivity index (χ1v) is 12.9. The van der Waals surface area contributed by atoms with Crippen molar-refractivity contribution in [3.05, 3.63) is 12.2 Å². The van der Waals surface area contributed by atoms with E-state index >= 15 is 0 Å². The predicted molar refractivity (Wildman–Crippen MR) is 148 cm³/mol. The fraction of sp³-hybridized carbons (Fsp3) is 0.867. The van der Waals surface area contributed by atoms with Gasteiger partial charge in [0.05, 0.1) is 12.2 Å². The van der Waals surface area contributed by atoms with Crippen LogP contribution in [0.1, 0.15) is 111 Å². The number of hydrogen-bond donors (Lipinski definition) is 0. The Bertz CT molecular complexity index is 375. The fourth-order valence-electron chi connectivity index (χ4n) is 1.55. The van der Waals surface area contributed by atoms with Crippen LogP contribution in [0.5, 0.6) is 0 Å². The molecule has 0 saturated heterocycles. The lowest BCUT2D eigenvalue weighted by Crippen LogP contribution is -2.08. The van der Waals surface area contributed by atoms with Crippen molar-refractivity contribution in [2.75, 3.05) is 13.2 Å². The molecule has 0 aromatic rings. The summed E-state index contributed by atoms with van der Waals surface area (Å²) in [5.41, 5.74) is 0. The summed E-state index contributed by atoms with van der Waals surface area (Å²) in [4.78, 5) is 0. The molecule has 0 amide bonds.